The molecule has 2 aliphatic rings. The maximum atomic E-state index is 6.27. The molecule has 0 radical (unpaired) electrons. The summed E-state index contributed by atoms with van der Waals surface area (Å²) < 4.78 is 5.70. The maximum Gasteiger partial charge on any atom is 0.289 e. The van der Waals surface area contributed by atoms with Crippen molar-refractivity contribution in [3.63, 3.8) is 0 Å². The summed E-state index contributed by atoms with van der Waals surface area (Å²) in [6, 6.07) is 11.2. The van der Waals surface area contributed by atoms with Crippen LogP contribution in [0.15, 0.2) is 35.3 Å². The molecule has 1 aromatic carbocycles. The SMILES string of the molecule is CC1CN=C(N2CCN(Cc3ccccc3)CC2N)O1. The van der Waals surface area contributed by atoms with Gasteiger partial charge in [0.05, 0.1) is 12.7 Å². The Morgan fingerprint density at radius 1 is 1.30 bits per heavy atom. The molecule has 2 unspecified atom stereocenters. The van der Waals surface area contributed by atoms with Crippen LogP contribution < -0.4 is 5.73 Å². The minimum Gasteiger partial charge on any atom is -0.460 e. The number of hydrogen-bond donors (Lipinski definition) is 1. The first kappa shape index (κ1) is 13.4. The van der Waals surface area contributed by atoms with Gasteiger partial charge in [-0.3, -0.25) is 4.90 Å². The van der Waals surface area contributed by atoms with E-state index in [1.807, 2.05) is 13.0 Å². The van der Waals surface area contributed by atoms with E-state index >= 15 is 0 Å². The van der Waals surface area contributed by atoms with Gasteiger partial charge in [0, 0.05) is 26.2 Å². The first-order chi connectivity index (χ1) is 9.72. The minimum absolute atomic E-state index is 0.0449. The van der Waals surface area contributed by atoms with Crippen molar-refractivity contribution in [2.75, 3.05) is 26.2 Å². The van der Waals surface area contributed by atoms with E-state index in [1.54, 1.807) is 0 Å². The van der Waals surface area contributed by atoms with Crippen molar-refractivity contribution in [2.24, 2.45) is 10.7 Å². The van der Waals surface area contributed by atoms with Crippen molar-refractivity contribution < 1.29 is 4.74 Å². The van der Waals surface area contributed by atoms with Crippen molar-refractivity contribution in [3.8, 4) is 0 Å². The molecule has 5 nitrogen and oxygen atoms in total. The van der Waals surface area contributed by atoms with Crippen molar-refractivity contribution in [1.82, 2.24) is 9.80 Å². The fourth-order valence-corrected chi connectivity index (χ4v) is 2.71. The van der Waals surface area contributed by atoms with E-state index in [2.05, 4.69) is 39.1 Å². The number of aliphatic imine (C=N–C) groups is 1. The molecular formula is C15H22N4O. The average Bonchev–Trinajstić information content (AvgIpc) is 2.86. The molecule has 0 aliphatic carbocycles. The van der Waals surface area contributed by atoms with Crippen LogP contribution >= 0.6 is 0 Å². The van der Waals surface area contributed by atoms with Gasteiger partial charge in [-0.2, -0.15) is 0 Å². The maximum absolute atomic E-state index is 6.27. The van der Waals surface area contributed by atoms with Crippen LogP contribution in [0, 0.1) is 0 Å². The third kappa shape index (κ3) is 2.94. The smallest absolute Gasteiger partial charge is 0.289 e. The fraction of sp³-hybridized carbons (Fsp3) is 0.533. The Bertz CT molecular complexity index is 476. The average molecular weight is 274 g/mol. The van der Waals surface area contributed by atoms with Crippen LogP contribution in [0.25, 0.3) is 0 Å². The normalized spacial score (nSPS) is 27.3. The summed E-state index contributed by atoms with van der Waals surface area (Å²) in [6.07, 6.45) is 0.135. The molecular weight excluding hydrogens is 252 g/mol. The largest absolute Gasteiger partial charge is 0.460 e. The second kappa shape index (κ2) is 5.81. The number of nitrogens with two attached hydrogens (primary N) is 1. The molecule has 2 heterocycles. The van der Waals surface area contributed by atoms with E-state index in [0.29, 0.717) is 0 Å². The Kier molecular flexibility index (Phi) is 3.89. The van der Waals surface area contributed by atoms with Crippen molar-refractivity contribution >= 4 is 6.02 Å². The third-order valence-electron chi connectivity index (χ3n) is 3.79. The van der Waals surface area contributed by atoms with E-state index in [-0.39, 0.29) is 12.3 Å². The topological polar surface area (TPSA) is 54.1 Å². The number of hydrogen-bond acceptors (Lipinski definition) is 5. The summed E-state index contributed by atoms with van der Waals surface area (Å²) in [4.78, 5) is 8.89. The van der Waals surface area contributed by atoms with Crippen LogP contribution in [-0.2, 0) is 11.3 Å². The molecule has 2 atom stereocenters. The second-order valence-electron chi connectivity index (χ2n) is 5.53. The van der Waals surface area contributed by atoms with Crippen molar-refractivity contribution in [2.45, 2.75) is 25.7 Å². The Morgan fingerprint density at radius 3 is 2.75 bits per heavy atom. The molecule has 1 aromatic rings. The van der Waals surface area contributed by atoms with Gasteiger partial charge in [-0.15, -0.1) is 0 Å². The molecule has 2 N–H and O–H groups in total. The molecule has 0 amide bonds. The lowest BCUT2D eigenvalue weighted by atomic mass is 10.2. The number of nitrogens with zero attached hydrogens (tertiary/aromatic N) is 3. The fourth-order valence-electron chi connectivity index (χ4n) is 2.71. The zero-order valence-corrected chi connectivity index (χ0v) is 11.9. The van der Waals surface area contributed by atoms with Crippen LogP contribution in [-0.4, -0.2) is 54.3 Å². The van der Waals surface area contributed by atoms with E-state index in [1.165, 1.54) is 5.56 Å². The van der Waals surface area contributed by atoms with E-state index in [9.17, 15) is 0 Å². The Balaban J connectivity index is 1.57. The highest BCUT2D eigenvalue weighted by Crippen LogP contribution is 2.15. The van der Waals surface area contributed by atoms with Gasteiger partial charge in [0.25, 0.3) is 6.02 Å². The van der Waals surface area contributed by atoms with Crippen molar-refractivity contribution in [3.05, 3.63) is 35.9 Å². The number of rotatable bonds is 2. The predicted octanol–water partition coefficient (Wildman–Crippen LogP) is 0.864. The van der Waals surface area contributed by atoms with Gasteiger partial charge in [0.15, 0.2) is 0 Å². The lowest BCUT2D eigenvalue weighted by Crippen LogP contribution is -2.58. The van der Waals surface area contributed by atoms with E-state index < -0.39 is 0 Å². The highest BCUT2D eigenvalue weighted by molar-refractivity contribution is 5.75. The molecule has 1 saturated heterocycles. The van der Waals surface area contributed by atoms with Gasteiger partial charge >= 0.3 is 0 Å². The number of piperazine rings is 1. The van der Waals surface area contributed by atoms with Crippen LogP contribution in [0.1, 0.15) is 12.5 Å². The lowest BCUT2D eigenvalue weighted by molar-refractivity contribution is 0.0940. The molecule has 0 aromatic heterocycles. The van der Waals surface area contributed by atoms with Gasteiger partial charge in [-0.05, 0) is 12.5 Å². The lowest BCUT2D eigenvalue weighted by Gasteiger charge is -2.39. The molecule has 1 fully saturated rings. The molecule has 0 spiro atoms. The summed E-state index contributed by atoms with van der Waals surface area (Å²) in [6.45, 7) is 6.43. The Morgan fingerprint density at radius 2 is 2.10 bits per heavy atom. The summed E-state index contributed by atoms with van der Waals surface area (Å²) >= 11 is 0. The molecule has 2 aliphatic heterocycles. The Labute approximate surface area is 120 Å². The predicted molar refractivity (Wildman–Crippen MR) is 79.2 cm³/mol. The van der Waals surface area contributed by atoms with Gasteiger partial charge in [-0.25, -0.2) is 4.99 Å². The third-order valence-corrected chi connectivity index (χ3v) is 3.79. The first-order valence-electron chi connectivity index (χ1n) is 7.22. The zero-order chi connectivity index (χ0) is 13.9. The van der Waals surface area contributed by atoms with Crippen molar-refractivity contribution in [1.29, 1.82) is 0 Å². The molecule has 0 saturated carbocycles. The van der Waals surface area contributed by atoms with Gasteiger partial charge in [0.2, 0.25) is 0 Å². The Hall–Kier alpha value is -1.59. The summed E-state index contributed by atoms with van der Waals surface area (Å²) in [5, 5.41) is 0. The minimum atomic E-state index is -0.0449. The van der Waals surface area contributed by atoms with E-state index in [4.69, 9.17) is 10.5 Å². The zero-order valence-electron chi connectivity index (χ0n) is 11.9. The number of benzene rings is 1. The quantitative estimate of drug-likeness (QED) is 0.869. The number of ether oxygens (including phenoxy) is 1. The standard InChI is InChI=1S/C15H22N4O/c1-12-9-17-15(20-12)19-8-7-18(11-14(19)16)10-13-5-3-2-4-6-13/h2-6,12,14H,7-11,16H2,1H3. The van der Waals surface area contributed by atoms with Crippen LogP contribution in [0.3, 0.4) is 0 Å². The molecule has 108 valence electrons. The van der Waals surface area contributed by atoms with Gasteiger partial charge in [-0.1, -0.05) is 30.3 Å². The highest BCUT2D eigenvalue weighted by atomic mass is 16.5. The number of amidine groups is 1. The van der Waals surface area contributed by atoms with Crippen LogP contribution in [0.4, 0.5) is 0 Å². The molecule has 20 heavy (non-hydrogen) atoms. The molecule has 0 bridgehead atoms. The summed E-state index contributed by atoms with van der Waals surface area (Å²) in [7, 11) is 0. The summed E-state index contributed by atoms with van der Waals surface area (Å²) in [5.74, 6) is 0. The van der Waals surface area contributed by atoms with E-state index in [0.717, 1.165) is 38.7 Å². The molecule has 3 rings (SSSR count). The summed E-state index contributed by atoms with van der Waals surface area (Å²) in [5.41, 5.74) is 7.60. The monoisotopic (exact) mass is 274 g/mol. The van der Waals surface area contributed by atoms with Crippen LogP contribution in [0.5, 0.6) is 0 Å². The highest BCUT2D eigenvalue weighted by Gasteiger charge is 2.30. The van der Waals surface area contributed by atoms with Gasteiger partial charge < -0.3 is 15.4 Å². The molecule has 5 heteroatoms. The first-order valence-corrected chi connectivity index (χ1v) is 7.22. The van der Waals surface area contributed by atoms with Gasteiger partial charge in [0.1, 0.15) is 6.10 Å². The van der Waals surface area contributed by atoms with Crippen LogP contribution in [0.2, 0.25) is 0 Å². The second-order valence-corrected chi connectivity index (χ2v) is 5.53.